The van der Waals surface area contributed by atoms with Gasteiger partial charge in [0.1, 0.15) is 0 Å². The summed E-state index contributed by atoms with van der Waals surface area (Å²) in [5.41, 5.74) is 1.25. The Bertz CT molecular complexity index is 433. The number of thiophene rings is 1. The van der Waals surface area contributed by atoms with E-state index in [4.69, 9.17) is 0 Å². The lowest BCUT2D eigenvalue weighted by Gasteiger charge is -2.15. The summed E-state index contributed by atoms with van der Waals surface area (Å²) in [6.45, 7) is 6.22. The van der Waals surface area contributed by atoms with Crippen molar-refractivity contribution in [3.05, 3.63) is 40.6 Å². The average molecular weight is 249 g/mol. The van der Waals surface area contributed by atoms with Crippen molar-refractivity contribution in [2.45, 2.75) is 39.4 Å². The first kappa shape index (κ1) is 12.3. The van der Waals surface area contributed by atoms with Crippen LogP contribution in [0.15, 0.2) is 30.0 Å². The Morgan fingerprint density at radius 1 is 1.47 bits per heavy atom. The molecule has 0 amide bonds. The van der Waals surface area contributed by atoms with Gasteiger partial charge in [0.2, 0.25) is 0 Å². The van der Waals surface area contributed by atoms with Crippen LogP contribution < -0.4 is 5.32 Å². The molecule has 0 aliphatic rings. The number of rotatable bonds is 6. The lowest BCUT2D eigenvalue weighted by atomic mass is 10.2. The second-order valence-corrected chi connectivity index (χ2v) is 5.01. The fourth-order valence-electron chi connectivity index (χ4n) is 1.94. The molecule has 17 heavy (non-hydrogen) atoms. The summed E-state index contributed by atoms with van der Waals surface area (Å²) in [5, 5.41) is 5.73. The summed E-state index contributed by atoms with van der Waals surface area (Å²) in [4.78, 5) is 5.60. The highest BCUT2D eigenvalue weighted by Crippen LogP contribution is 2.21. The maximum Gasteiger partial charge on any atom is 0.0948 e. The van der Waals surface area contributed by atoms with Gasteiger partial charge in [-0.25, -0.2) is 4.98 Å². The molecule has 0 fully saturated rings. The topological polar surface area (TPSA) is 29.9 Å². The standard InChI is InChI=1S/C13H19N3S/c1-3-12(13-6-5-7-17-13)15-9-11-8-14-10-16(11)4-2/h5-8,10,12,15H,3-4,9H2,1-2H3. The van der Waals surface area contributed by atoms with Crippen molar-refractivity contribution in [3.8, 4) is 0 Å². The first-order valence-corrected chi connectivity index (χ1v) is 6.98. The van der Waals surface area contributed by atoms with Crippen molar-refractivity contribution in [2.75, 3.05) is 0 Å². The van der Waals surface area contributed by atoms with Crippen molar-refractivity contribution >= 4 is 11.3 Å². The Labute approximate surface area is 107 Å². The highest BCUT2D eigenvalue weighted by molar-refractivity contribution is 7.10. The molecule has 2 aromatic heterocycles. The summed E-state index contributed by atoms with van der Waals surface area (Å²) in [5.74, 6) is 0. The molecular formula is C13H19N3S. The van der Waals surface area contributed by atoms with Gasteiger partial charge in [-0.3, -0.25) is 0 Å². The number of aromatic nitrogens is 2. The Kier molecular flexibility index (Phi) is 4.34. The van der Waals surface area contributed by atoms with Gasteiger partial charge in [-0.2, -0.15) is 0 Å². The molecule has 92 valence electrons. The molecule has 4 heteroatoms. The van der Waals surface area contributed by atoms with E-state index >= 15 is 0 Å². The second kappa shape index (κ2) is 5.98. The van der Waals surface area contributed by atoms with Crippen LogP contribution in [0.25, 0.3) is 0 Å². The van der Waals surface area contributed by atoms with Crippen LogP contribution in [0.4, 0.5) is 0 Å². The zero-order valence-corrected chi connectivity index (χ0v) is 11.2. The van der Waals surface area contributed by atoms with Crippen LogP contribution in [0.2, 0.25) is 0 Å². The number of nitrogens with one attached hydrogen (secondary N) is 1. The number of nitrogens with zero attached hydrogens (tertiary/aromatic N) is 2. The first-order valence-electron chi connectivity index (χ1n) is 6.11. The van der Waals surface area contributed by atoms with Crippen LogP contribution in [0.1, 0.15) is 36.9 Å². The van der Waals surface area contributed by atoms with Gasteiger partial charge in [0.15, 0.2) is 0 Å². The molecule has 0 spiro atoms. The minimum absolute atomic E-state index is 0.454. The molecule has 2 aromatic rings. The molecule has 0 radical (unpaired) electrons. The predicted molar refractivity (Wildman–Crippen MR) is 72.1 cm³/mol. The van der Waals surface area contributed by atoms with Crippen LogP contribution >= 0.6 is 11.3 Å². The van der Waals surface area contributed by atoms with Gasteiger partial charge >= 0.3 is 0 Å². The van der Waals surface area contributed by atoms with Gasteiger partial charge in [-0.1, -0.05) is 13.0 Å². The Morgan fingerprint density at radius 3 is 3.00 bits per heavy atom. The molecule has 3 nitrogen and oxygen atoms in total. The fourth-order valence-corrected chi connectivity index (χ4v) is 2.83. The lowest BCUT2D eigenvalue weighted by molar-refractivity contribution is 0.510. The molecule has 0 aromatic carbocycles. The number of hydrogen-bond acceptors (Lipinski definition) is 3. The van der Waals surface area contributed by atoms with Crippen LogP contribution in [0.5, 0.6) is 0 Å². The maximum atomic E-state index is 4.19. The van der Waals surface area contributed by atoms with E-state index in [1.54, 1.807) is 0 Å². The van der Waals surface area contributed by atoms with Crippen molar-refractivity contribution < 1.29 is 0 Å². The van der Waals surface area contributed by atoms with E-state index in [1.165, 1.54) is 10.6 Å². The van der Waals surface area contributed by atoms with Gasteiger partial charge < -0.3 is 9.88 Å². The molecule has 1 unspecified atom stereocenters. The molecule has 0 saturated heterocycles. The van der Waals surface area contributed by atoms with Gasteiger partial charge in [0, 0.05) is 30.2 Å². The molecule has 0 aliphatic carbocycles. The van der Waals surface area contributed by atoms with Crippen LogP contribution in [-0.4, -0.2) is 9.55 Å². The SMILES string of the molecule is CCC(NCc1cncn1CC)c1cccs1. The zero-order valence-electron chi connectivity index (χ0n) is 10.4. The van der Waals surface area contributed by atoms with Crippen molar-refractivity contribution in [2.24, 2.45) is 0 Å². The molecule has 2 rings (SSSR count). The summed E-state index contributed by atoms with van der Waals surface area (Å²) in [6, 6.07) is 4.76. The number of aryl methyl sites for hydroxylation is 1. The minimum atomic E-state index is 0.454. The van der Waals surface area contributed by atoms with E-state index in [9.17, 15) is 0 Å². The van der Waals surface area contributed by atoms with Crippen LogP contribution in [-0.2, 0) is 13.1 Å². The quantitative estimate of drug-likeness (QED) is 0.852. The molecule has 1 N–H and O–H groups in total. The molecule has 1 atom stereocenters. The van der Waals surface area contributed by atoms with Gasteiger partial charge in [0.25, 0.3) is 0 Å². The molecule has 0 saturated carbocycles. The average Bonchev–Trinajstić information content (AvgIpc) is 2.99. The third-order valence-electron chi connectivity index (χ3n) is 2.96. The van der Waals surface area contributed by atoms with Crippen molar-refractivity contribution in [1.82, 2.24) is 14.9 Å². The normalized spacial score (nSPS) is 12.8. The number of imidazole rings is 1. The van der Waals surface area contributed by atoms with E-state index in [2.05, 4.69) is 46.2 Å². The third-order valence-corrected chi connectivity index (χ3v) is 3.95. The van der Waals surface area contributed by atoms with Crippen LogP contribution in [0, 0.1) is 0 Å². The Balaban J connectivity index is 1.97. The molecule has 2 heterocycles. The van der Waals surface area contributed by atoms with Gasteiger partial charge in [0.05, 0.1) is 12.0 Å². The molecule has 0 aliphatic heterocycles. The van der Waals surface area contributed by atoms with Gasteiger partial charge in [-0.05, 0) is 24.8 Å². The van der Waals surface area contributed by atoms with Crippen LogP contribution in [0.3, 0.4) is 0 Å². The molecular weight excluding hydrogens is 230 g/mol. The second-order valence-electron chi connectivity index (χ2n) is 4.03. The smallest absolute Gasteiger partial charge is 0.0948 e. The Morgan fingerprint density at radius 2 is 2.35 bits per heavy atom. The monoisotopic (exact) mass is 249 g/mol. The maximum absolute atomic E-state index is 4.19. The first-order chi connectivity index (χ1) is 8.35. The van der Waals surface area contributed by atoms with E-state index in [0.29, 0.717) is 6.04 Å². The summed E-state index contributed by atoms with van der Waals surface area (Å²) < 4.78 is 2.17. The zero-order chi connectivity index (χ0) is 12.1. The number of hydrogen-bond donors (Lipinski definition) is 1. The fraction of sp³-hybridized carbons (Fsp3) is 0.462. The largest absolute Gasteiger partial charge is 0.334 e. The summed E-state index contributed by atoms with van der Waals surface area (Å²) in [6.07, 6.45) is 4.95. The van der Waals surface area contributed by atoms with E-state index in [-0.39, 0.29) is 0 Å². The van der Waals surface area contributed by atoms with Gasteiger partial charge in [-0.15, -0.1) is 11.3 Å². The minimum Gasteiger partial charge on any atom is -0.334 e. The van der Waals surface area contributed by atoms with E-state index < -0.39 is 0 Å². The molecule has 0 bridgehead atoms. The van der Waals surface area contributed by atoms with Crippen molar-refractivity contribution in [3.63, 3.8) is 0 Å². The lowest BCUT2D eigenvalue weighted by Crippen LogP contribution is -2.21. The summed E-state index contributed by atoms with van der Waals surface area (Å²) in [7, 11) is 0. The third kappa shape index (κ3) is 2.96. The summed E-state index contributed by atoms with van der Waals surface area (Å²) >= 11 is 1.82. The highest BCUT2D eigenvalue weighted by atomic mass is 32.1. The van der Waals surface area contributed by atoms with Crippen molar-refractivity contribution in [1.29, 1.82) is 0 Å². The van der Waals surface area contributed by atoms with E-state index in [1.807, 2.05) is 23.9 Å². The predicted octanol–water partition coefficient (Wildman–Crippen LogP) is 3.21. The van der Waals surface area contributed by atoms with E-state index in [0.717, 1.165) is 19.5 Å². The Hall–Kier alpha value is -1.13. The highest BCUT2D eigenvalue weighted by Gasteiger charge is 2.10.